The van der Waals surface area contributed by atoms with Crippen molar-refractivity contribution < 1.29 is 5.11 Å². The van der Waals surface area contributed by atoms with Crippen molar-refractivity contribution in [1.29, 1.82) is 0 Å². The largest absolute Gasteiger partial charge is 0.396 e. The average molecular weight is 267 g/mol. The maximum absolute atomic E-state index is 9.12. The first-order chi connectivity index (χ1) is 9.90. The summed E-state index contributed by atoms with van der Waals surface area (Å²) in [5.41, 5.74) is 4.22. The molecule has 0 saturated carbocycles. The molecule has 2 aromatic rings. The second-order valence-corrected chi connectivity index (χ2v) is 5.38. The van der Waals surface area contributed by atoms with Gasteiger partial charge >= 0.3 is 0 Å². The SMILES string of the molecule is OCCCN1CCc2ccccc2C1c1ccccc1. The minimum absolute atomic E-state index is 0.264. The van der Waals surface area contributed by atoms with Gasteiger partial charge < -0.3 is 5.11 Å². The Kier molecular flexibility index (Phi) is 4.14. The molecule has 1 aliphatic rings. The van der Waals surface area contributed by atoms with Crippen molar-refractivity contribution in [2.45, 2.75) is 18.9 Å². The predicted octanol–water partition coefficient (Wildman–Crippen LogP) is 3.02. The molecule has 0 bridgehead atoms. The fourth-order valence-electron chi connectivity index (χ4n) is 3.16. The average Bonchev–Trinajstić information content (AvgIpc) is 2.53. The Labute approximate surface area is 120 Å². The Hall–Kier alpha value is -1.64. The standard InChI is InChI=1S/C18H21NO/c20-14-6-12-19-13-11-15-7-4-5-10-17(15)18(19)16-8-2-1-3-9-16/h1-5,7-10,18,20H,6,11-14H2. The number of aliphatic hydroxyl groups excluding tert-OH is 1. The van der Waals surface area contributed by atoms with Gasteiger partial charge in [-0.1, -0.05) is 54.6 Å². The molecule has 0 amide bonds. The second-order valence-electron chi connectivity index (χ2n) is 5.38. The molecule has 0 fully saturated rings. The lowest BCUT2D eigenvalue weighted by Gasteiger charge is -2.37. The van der Waals surface area contributed by atoms with Gasteiger partial charge in [-0.25, -0.2) is 0 Å². The van der Waals surface area contributed by atoms with Crippen molar-refractivity contribution in [2.24, 2.45) is 0 Å². The van der Waals surface area contributed by atoms with E-state index in [-0.39, 0.29) is 6.61 Å². The fourth-order valence-corrected chi connectivity index (χ4v) is 3.16. The highest BCUT2D eigenvalue weighted by Crippen LogP contribution is 2.34. The topological polar surface area (TPSA) is 23.5 Å². The normalized spacial score (nSPS) is 18.8. The summed E-state index contributed by atoms with van der Waals surface area (Å²) in [6, 6.07) is 19.8. The van der Waals surface area contributed by atoms with E-state index in [0.29, 0.717) is 6.04 Å². The van der Waals surface area contributed by atoms with Crippen molar-refractivity contribution in [3.63, 3.8) is 0 Å². The lowest BCUT2D eigenvalue weighted by atomic mass is 9.88. The lowest BCUT2D eigenvalue weighted by molar-refractivity contribution is 0.186. The first-order valence-corrected chi connectivity index (χ1v) is 7.38. The van der Waals surface area contributed by atoms with Gasteiger partial charge in [-0.05, 0) is 29.5 Å². The van der Waals surface area contributed by atoms with Crippen LogP contribution in [0.3, 0.4) is 0 Å². The molecular weight excluding hydrogens is 246 g/mol. The molecule has 3 rings (SSSR count). The summed E-state index contributed by atoms with van der Waals surface area (Å²) in [7, 11) is 0. The van der Waals surface area contributed by atoms with E-state index in [1.165, 1.54) is 16.7 Å². The Morgan fingerprint density at radius 2 is 1.75 bits per heavy atom. The molecular formula is C18H21NO. The first-order valence-electron chi connectivity index (χ1n) is 7.38. The molecule has 0 radical (unpaired) electrons. The molecule has 0 spiro atoms. The van der Waals surface area contributed by atoms with Gasteiger partial charge in [0.1, 0.15) is 0 Å². The minimum Gasteiger partial charge on any atom is -0.396 e. The monoisotopic (exact) mass is 267 g/mol. The Bertz CT molecular complexity index is 552. The maximum Gasteiger partial charge on any atom is 0.0604 e. The zero-order valence-electron chi connectivity index (χ0n) is 11.7. The van der Waals surface area contributed by atoms with Crippen LogP contribution in [0.15, 0.2) is 54.6 Å². The van der Waals surface area contributed by atoms with Crippen LogP contribution in [0.1, 0.15) is 29.2 Å². The van der Waals surface area contributed by atoms with Crippen LogP contribution in [0.4, 0.5) is 0 Å². The number of fused-ring (bicyclic) bond motifs is 1. The first kappa shape index (κ1) is 13.3. The molecule has 104 valence electrons. The smallest absolute Gasteiger partial charge is 0.0604 e. The third-order valence-electron chi connectivity index (χ3n) is 4.10. The predicted molar refractivity (Wildman–Crippen MR) is 81.7 cm³/mol. The van der Waals surface area contributed by atoms with Gasteiger partial charge in [0.2, 0.25) is 0 Å². The van der Waals surface area contributed by atoms with E-state index in [2.05, 4.69) is 59.5 Å². The van der Waals surface area contributed by atoms with E-state index in [1.54, 1.807) is 0 Å². The molecule has 1 unspecified atom stereocenters. The van der Waals surface area contributed by atoms with Gasteiger partial charge in [0.15, 0.2) is 0 Å². The molecule has 0 aromatic heterocycles. The van der Waals surface area contributed by atoms with Gasteiger partial charge in [0, 0.05) is 19.7 Å². The zero-order chi connectivity index (χ0) is 13.8. The summed E-state index contributed by atoms with van der Waals surface area (Å²) < 4.78 is 0. The number of aliphatic hydroxyl groups is 1. The summed E-state index contributed by atoms with van der Waals surface area (Å²) in [5.74, 6) is 0. The molecule has 2 heteroatoms. The Balaban J connectivity index is 1.98. The molecule has 1 heterocycles. The van der Waals surface area contributed by atoms with E-state index in [9.17, 15) is 0 Å². The molecule has 1 N–H and O–H groups in total. The van der Waals surface area contributed by atoms with Gasteiger partial charge in [-0.3, -0.25) is 4.90 Å². The number of rotatable bonds is 4. The van der Waals surface area contributed by atoms with Crippen LogP contribution in [0.5, 0.6) is 0 Å². The molecule has 1 aliphatic heterocycles. The van der Waals surface area contributed by atoms with Crippen molar-refractivity contribution in [3.8, 4) is 0 Å². The van der Waals surface area contributed by atoms with Crippen LogP contribution >= 0.6 is 0 Å². The number of nitrogens with zero attached hydrogens (tertiary/aromatic N) is 1. The van der Waals surface area contributed by atoms with E-state index < -0.39 is 0 Å². The van der Waals surface area contributed by atoms with Gasteiger partial charge in [0.05, 0.1) is 6.04 Å². The highest BCUT2D eigenvalue weighted by molar-refractivity contribution is 5.39. The van der Waals surface area contributed by atoms with Crippen LogP contribution in [0, 0.1) is 0 Å². The fraction of sp³-hybridized carbons (Fsp3) is 0.333. The van der Waals surface area contributed by atoms with Crippen molar-refractivity contribution in [2.75, 3.05) is 19.7 Å². The molecule has 2 aromatic carbocycles. The van der Waals surface area contributed by atoms with Gasteiger partial charge in [0.25, 0.3) is 0 Å². The van der Waals surface area contributed by atoms with E-state index in [0.717, 1.165) is 25.9 Å². The summed E-state index contributed by atoms with van der Waals surface area (Å²) in [6.07, 6.45) is 1.94. The van der Waals surface area contributed by atoms with Crippen LogP contribution in [0.25, 0.3) is 0 Å². The van der Waals surface area contributed by atoms with Gasteiger partial charge in [-0.2, -0.15) is 0 Å². The lowest BCUT2D eigenvalue weighted by Crippen LogP contribution is -2.37. The van der Waals surface area contributed by atoms with Crippen LogP contribution < -0.4 is 0 Å². The third kappa shape index (κ3) is 2.62. The summed E-state index contributed by atoms with van der Waals surface area (Å²) >= 11 is 0. The van der Waals surface area contributed by atoms with Crippen molar-refractivity contribution >= 4 is 0 Å². The zero-order valence-corrected chi connectivity index (χ0v) is 11.7. The van der Waals surface area contributed by atoms with Gasteiger partial charge in [-0.15, -0.1) is 0 Å². The molecule has 0 saturated heterocycles. The quantitative estimate of drug-likeness (QED) is 0.920. The summed E-state index contributed by atoms with van der Waals surface area (Å²) in [4.78, 5) is 2.49. The second kappa shape index (κ2) is 6.21. The van der Waals surface area contributed by atoms with Crippen LogP contribution in [-0.4, -0.2) is 29.7 Å². The van der Waals surface area contributed by atoms with Crippen LogP contribution in [0.2, 0.25) is 0 Å². The number of hydrogen-bond donors (Lipinski definition) is 1. The highest BCUT2D eigenvalue weighted by Gasteiger charge is 2.27. The van der Waals surface area contributed by atoms with E-state index in [1.807, 2.05) is 0 Å². The molecule has 1 atom stereocenters. The maximum atomic E-state index is 9.12. The molecule has 20 heavy (non-hydrogen) atoms. The molecule has 0 aliphatic carbocycles. The number of benzene rings is 2. The number of hydrogen-bond acceptors (Lipinski definition) is 2. The third-order valence-corrected chi connectivity index (χ3v) is 4.10. The Morgan fingerprint density at radius 3 is 2.55 bits per heavy atom. The summed E-state index contributed by atoms with van der Waals surface area (Å²) in [6.45, 7) is 2.28. The molecule has 2 nitrogen and oxygen atoms in total. The van der Waals surface area contributed by atoms with Crippen molar-refractivity contribution in [1.82, 2.24) is 4.90 Å². The Morgan fingerprint density at radius 1 is 1.00 bits per heavy atom. The van der Waals surface area contributed by atoms with Crippen LogP contribution in [-0.2, 0) is 6.42 Å². The highest BCUT2D eigenvalue weighted by atomic mass is 16.3. The minimum atomic E-state index is 0.264. The van der Waals surface area contributed by atoms with E-state index >= 15 is 0 Å². The van der Waals surface area contributed by atoms with E-state index in [4.69, 9.17) is 5.11 Å². The summed E-state index contributed by atoms with van der Waals surface area (Å²) in [5, 5.41) is 9.12. The van der Waals surface area contributed by atoms with Crippen molar-refractivity contribution in [3.05, 3.63) is 71.3 Å².